The third kappa shape index (κ3) is 4.74. The standard InChI is InChI=1S/C22H26BrN7O2/c1-2-3-7-14-29-19-18(25-21(23)26-19)20(32)30-16(27-28-22(29)30)10-11-17(31)24-13-12-15-8-5-4-6-9-15/h4-6,8-9H,2-3,7,10-14H2,1H3,(H,24,31)(H,25,26). The largest absolute Gasteiger partial charge is 0.356 e. The van der Waals surface area contributed by atoms with E-state index in [0.29, 0.717) is 47.0 Å². The van der Waals surface area contributed by atoms with E-state index in [9.17, 15) is 9.59 Å². The number of hydrogen-bond acceptors (Lipinski definition) is 5. The first-order valence-electron chi connectivity index (χ1n) is 10.9. The summed E-state index contributed by atoms with van der Waals surface area (Å²) in [5.74, 6) is 0.850. The highest BCUT2D eigenvalue weighted by Gasteiger charge is 2.19. The Balaban J connectivity index is 1.50. The second-order valence-electron chi connectivity index (χ2n) is 7.73. The summed E-state index contributed by atoms with van der Waals surface area (Å²) in [7, 11) is 0. The number of H-pyrrole nitrogens is 1. The van der Waals surface area contributed by atoms with Crippen molar-refractivity contribution in [3.05, 3.63) is 56.8 Å². The minimum atomic E-state index is -0.260. The first-order chi connectivity index (χ1) is 15.6. The van der Waals surface area contributed by atoms with E-state index in [0.717, 1.165) is 25.7 Å². The Kier molecular flexibility index (Phi) is 6.99. The van der Waals surface area contributed by atoms with Crippen LogP contribution < -0.4 is 10.9 Å². The van der Waals surface area contributed by atoms with Crippen molar-refractivity contribution in [1.82, 2.24) is 34.4 Å². The summed E-state index contributed by atoms with van der Waals surface area (Å²) in [5, 5.41) is 11.4. The van der Waals surface area contributed by atoms with Gasteiger partial charge in [0.2, 0.25) is 11.7 Å². The lowest BCUT2D eigenvalue weighted by Crippen LogP contribution is -2.26. The Hall–Kier alpha value is -3.01. The smallest absolute Gasteiger partial charge is 0.286 e. The van der Waals surface area contributed by atoms with Crippen molar-refractivity contribution in [3.63, 3.8) is 0 Å². The predicted molar refractivity (Wildman–Crippen MR) is 126 cm³/mol. The van der Waals surface area contributed by atoms with Crippen LogP contribution in [0.2, 0.25) is 0 Å². The van der Waals surface area contributed by atoms with Gasteiger partial charge in [-0.25, -0.2) is 9.38 Å². The maximum absolute atomic E-state index is 13.1. The summed E-state index contributed by atoms with van der Waals surface area (Å²) in [6, 6.07) is 10.0. The molecule has 0 unspecified atom stereocenters. The average Bonchev–Trinajstić information content (AvgIpc) is 3.39. The first-order valence-corrected chi connectivity index (χ1v) is 11.7. The van der Waals surface area contributed by atoms with Gasteiger partial charge in [-0.1, -0.05) is 50.1 Å². The van der Waals surface area contributed by atoms with E-state index in [1.807, 2.05) is 34.9 Å². The van der Waals surface area contributed by atoms with Gasteiger partial charge in [0.15, 0.2) is 15.9 Å². The van der Waals surface area contributed by atoms with Gasteiger partial charge < -0.3 is 10.3 Å². The number of nitrogens with zero attached hydrogens (tertiary/aromatic N) is 5. The van der Waals surface area contributed by atoms with Crippen molar-refractivity contribution in [2.75, 3.05) is 6.54 Å². The minimum absolute atomic E-state index is 0.0775. The molecule has 32 heavy (non-hydrogen) atoms. The average molecular weight is 500 g/mol. The summed E-state index contributed by atoms with van der Waals surface area (Å²) in [4.78, 5) is 32.9. The summed E-state index contributed by atoms with van der Waals surface area (Å²) in [6.07, 6.45) is 4.42. The van der Waals surface area contributed by atoms with Crippen LogP contribution in [-0.2, 0) is 24.2 Å². The Morgan fingerprint density at radius 1 is 1.16 bits per heavy atom. The van der Waals surface area contributed by atoms with Crippen LogP contribution in [0.25, 0.3) is 16.9 Å². The number of aromatic nitrogens is 6. The molecule has 1 amide bonds. The minimum Gasteiger partial charge on any atom is -0.356 e. The van der Waals surface area contributed by atoms with Crippen molar-refractivity contribution >= 4 is 38.8 Å². The van der Waals surface area contributed by atoms with E-state index in [4.69, 9.17) is 0 Å². The van der Waals surface area contributed by atoms with Crippen LogP contribution in [0.1, 0.15) is 44.0 Å². The van der Waals surface area contributed by atoms with Crippen LogP contribution in [0.4, 0.5) is 0 Å². The lowest BCUT2D eigenvalue weighted by molar-refractivity contribution is -0.121. The summed E-state index contributed by atoms with van der Waals surface area (Å²) < 4.78 is 3.91. The molecule has 1 aromatic carbocycles. The van der Waals surface area contributed by atoms with Crippen molar-refractivity contribution in [2.45, 2.75) is 52.0 Å². The zero-order valence-electron chi connectivity index (χ0n) is 18.0. The number of aromatic amines is 1. The van der Waals surface area contributed by atoms with Gasteiger partial charge in [0.05, 0.1) is 0 Å². The number of benzene rings is 1. The van der Waals surface area contributed by atoms with E-state index in [1.165, 1.54) is 9.96 Å². The summed E-state index contributed by atoms with van der Waals surface area (Å²) in [6.45, 7) is 3.39. The second kappa shape index (κ2) is 10.1. The molecule has 9 nitrogen and oxygen atoms in total. The molecular formula is C22H26BrN7O2. The molecule has 0 fully saturated rings. The summed E-state index contributed by atoms with van der Waals surface area (Å²) >= 11 is 3.33. The third-order valence-electron chi connectivity index (χ3n) is 5.42. The van der Waals surface area contributed by atoms with Gasteiger partial charge in [-0.05, 0) is 34.3 Å². The van der Waals surface area contributed by atoms with E-state index in [2.05, 4.69) is 48.3 Å². The molecule has 4 aromatic rings. The second-order valence-corrected chi connectivity index (χ2v) is 8.48. The fourth-order valence-corrected chi connectivity index (χ4v) is 4.14. The van der Waals surface area contributed by atoms with Crippen LogP contribution in [-0.4, -0.2) is 41.6 Å². The number of imidazole rings is 1. The van der Waals surface area contributed by atoms with Crippen molar-refractivity contribution in [2.24, 2.45) is 0 Å². The fraction of sp³-hybridized carbons (Fsp3) is 0.409. The molecule has 4 rings (SSSR count). The third-order valence-corrected chi connectivity index (χ3v) is 5.80. The van der Waals surface area contributed by atoms with Gasteiger partial charge in [-0.3, -0.25) is 14.2 Å². The molecule has 0 saturated carbocycles. The Morgan fingerprint density at radius 3 is 2.75 bits per heavy atom. The number of hydrogen-bond donors (Lipinski definition) is 2. The maximum atomic E-state index is 13.1. The van der Waals surface area contributed by atoms with Gasteiger partial charge in [-0.15, -0.1) is 10.2 Å². The molecule has 0 bridgehead atoms. The first kappa shape index (κ1) is 22.2. The fourth-order valence-electron chi connectivity index (χ4n) is 3.77. The molecule has 3 heterocycles. The molecular weight excluding hydrogens is 474 g/mol. The van der Waals surface area contributed by atoms with Crippen LogP contribution in [0.5, 0.6) is 0 Å². The molecule has 3 aromatic heterocycles. The number of nitrogens with one attached hydrogen (secondary N) is 2. The van der Waals surface area contributed by atoms with Crippen LogP contribution in [0.3, 0.4) is 0 Å². The number of carbonyl (C=O) groups is 1. The Morgan fingerprint density at radius 2 is 1.97 bits per heavy atom. The van der Waals surface area contributed by atoms with Crippen LogP contribution in [0, 0.1) is 0 Å². The lowest BCUT2D eigenvalue weighted by Gasteiger charge is -2.09. The van der Waals surface area contributed by atoms with Crippen LogP contribution >= 0.6 is 15.9 Å². The van der Waals surface area contributed by atoms with Crippen LogP contribution in [0.15, 0.2) is 39.9 Å². The quantitative estimate of drug-likeness (QED) is 0.257. The SMILES string of the molecule is CCCCCn1c2nc(Br)[nH]c2c(=O)n2c(CCC(=O)NCCc3ccccc3)nnc12. The van der Waals surface area contributed by atoms with Gasteiger partial charge in [0.1, 0.15) is 5.82 Å². The van der Waals surface area contributed by atoms with Gasteiger partial charge in [0, 0.05) is 25.9 Å². The predicted octanol–water partition coefficient (Wildman–Crippen LogP) is 3.01. The highest BCUT2D eigenvalue weighted by Crippen LogP contribution is 2.17. The zero-order valence-corrected chi connectivity index (χ0v) is 19.6. The number of rotatable bonds is 10. The Labute approximate surface area is 193 Å². The Bertz CT molecular complexity index is 1280. The molecule has 0 spiro atoms. The molecule has 168 valence electrons. The molecule has 0 atom stereocenters. The van der Waals surface area contributed by atoms with E-state index in [-0.39, 0.29) is 17.9 Å². The number of fused-ring (bicyclic) bond motifs is 2. The topological polar surface area (TPSA) is 110 Å². The van der Waals surface area contributed by atoms with E-state index >= 15 is 0 Å². The van der Waals surface area contributed by atoms with E-state index < -0.39 is 0 Å². The monoisotopic (exact) mass is 499 g/mol. The molecule has 0 saturated heterocycles. The molecule has 0 aliphatic heterocycles. The number of carbonyl (C=O) groups excluding carboxylic acids is 1. The lowest BCUT2D eigenvalue weighted by atomic mass is 10.1. The molecule has 0 radical (unpaired) electrons. The zero-order chi connectivity index (χ0) is 22.5. The van der Waals surface area contributed by atoms with Gasteiger partial charge in [-0.2, -0.15) is 0 Å². The summed E-state index contributed by atoms with van der Waals surface area (Å²) in [5.41, 5.74) is 1.87. The van der Waals surface area contributed by atoms with Crippen molar-refractivity contribution in [1.29, 1.82) is 0 Å². The number of halogens is 1. The van der Waals surface area contributed by atoms with Gasteiger partial charge in [0.25, 0.3) is 5.56 Å². The van der Waals surface area contributed by atoms with E-state index in [1.54, 1.807) is 0 Å². The number of amides is 1. The molecule has 2 N–H and O–H groups in total. The molecule has 10 heteroatoms. The van der Waals surface area contributed by atoms with Crippen molar-refractivity contribution in [3.8, 4) is 0 Å². The highest BCUT2D eigenvalue weighted by atomic mass is 79.9. The number of unbranched alkanes of at least 4 members (excludes halogenated alkanes) is 2. The molecule has 0 aliphatic rings. The molecule has 0 aliphatic carbocycles. The normalized spacial score (nSPS) is 11.4. The van der Waals surface area contributed by atoms with Crippen molar-refractivity contribution < 1.29 is 4.79 Å². The highest BCUT2D eigenvalue weighted by molar-refractivity contribution is 9.10. The maximum Gasteiger partial charge on any atom is 0.286 e. The van der Waals surface area contributed by atoms with Gasteiger partial charge >= 0.3 is 0 Å². The number of aryl methyl sites for hydroxylation is 2.